The Kier molecular flexibility index (Phi) is 5.32. The average Bonchev–Trinajstić information content (AvgIpc) is 3.36. The van der Waals surface area contributed by atoms with E-state index < -0.39 is 0 Å². The van der Waals surface area contributed by atoms with Gasteiger partial charge in [-0.05, 0) is 92.3 Å². The van der Waals surface area contributed by atoms with Gasteiger partial charge in [-0.2, -0.15) is 0 Å². The van der Waals surface area contributed by atoms with Gasteiger partial charge in [-0.3, -0.25) is 4.79 Å². The molecule has 1 fully saturated rings. The van der Waals surface area contributed by atoms with Gasteiger partial charge in [0, 0.05) is 31.1 Å². The Labute approximate surface area is 195 Å². The molecule has 0 spiro atoms. The summed E-state index contributed by atoms with van der Waals surface area (Å²) in [6, 6.07) is 18.8. The highest BCUT2D eigenvalue weighted by Gasteiger charge is 2.35. The van der Waals surface area contributed by atoms with E-state index in [0.29, 0.717) is 13.0 Å². The van der Waals surface area contributed by atoms with Crippen LogP contribution in [0.15, 0.2) is 54.6 Å². The predicted octanol–water partition coefficient (Wildman–Crippen LogP) is 6.15. The maximum Gasteiger partial charge on any atom is 0.227 e. The summed E-state index contributed by atoms with van der Waals surface area (Å²) in [6.07, 6.45) is 0.488. The molecule has 1 aliphatic heterocycles. The van der Waals surface area contributed by atoms with E-state index in [9.17, 15) is 4.79 Å². The van der Waals surface area contributed by atoms with Crippen molar-refractivity contribution >= 4 is 22.6 Å². The lowest BCUT2D eigenvalue weighted by atomic mass is 9.94. The number of hydrogen-bond acceptors (Lipinski definition) is 2. The van der Waals surface area contributed by atoms with Gasteiger partial charge in [0.15, 0.2) is 0 Å². The highest BCUT2D eigenvalue weighted by atomic mass is 16.2. The average molecular weight is 438 g/mol. The van der Waals surface area contributed by atoms with Crippen molar-refractivity contribution < 1.29 is 4.79 Å². The molecular formula is C29H31N3O. The number of nitrogens with zero attached hydrogens (tertiary/aromatic N) is 3. The topological polar surface area (TPSA) is 38.1 Å². The van der Waals surface area contributed by atoms with Crippen LogP contribution in [0.2, 0.25) is 0 Å². The molecule has 5 rings (SSSR count). The number of carbonyl (C=O) groups is 1. The third-order valence-electron chi connectivity index (χ3n) is 7.33. The Morgan fingerprint density at radius 3 is 2.36 bits per heavy atom. The highest BCUT2D eigenvalue weighted by molar-refractivity contribution is 5.96. The van der Waals surface area contributed by atoms with Gasteiger partial charge in [0.05, 0.1) is 11.0 Å². The third-order valence-corrected chi connectivity index (χ3v) is 7.33. The normalized spacial score (nSPS) is 16.2. The fraction of sp³-hybridized carbons (Fsp3) is 0.310. The second-order valence-corrected chi connectivity index (χ2v) is 9.53. The fourth-order valence-electron chi connectivity index (χ4n) is 5.19. The van der Waals surface area contributed by atoms with Gasteiger partial charge >= 0.3 is 0 Å². The molecule has 0 aliphatic carbocycles. The van der Waals surface area contributed by atoms with Crippen LogP contribution in [0.25, 0.3) is 11.0 Å². The van der Waals surface area contributed by atoms with Crippen LogP contribution in [-0.2, 0) is 11.3 Å². The van der Waals surface area contributed by atoms with E-state index in [0.717, 1.165) is 34.7 Å². The minimum Gasteiger partial charge on any atom is -0.323 e. The lowest BCUT2D eigenvalue weighted by molar-refractivity contribution is -0.117. The van der Waals surface area contributed by atoms with Crippen LogP contribution in [0.5, 0.6) is 0 Å². The van der Waals surface area contributed by atoms with Gasteiger partial charge in [0.25, 0.3) is 0 Å². The first-order chi connectivity index (χ1) is 15.8. The SMILES string of the molecule is Cc1cccc(N2CC(c3nc4ccccc4n3Cc3c(C)c(C)cc(C)c3C)CC2=O)c1. The van der Waals surface area contributed by atoms with Crippen molar-refractivity contribution in [2.45, 2.75) is 53.5 Å². The van der Waals surface area contributed by atoms with Crippen molar-refractivity contribution in [3.8, 4) is 0 Å². The molecule has 1 saturated heterocycles. The van der Waals surface area contributed by atoms with Crippen LogP contribution >= 0.6 is 0 Å². The van der Waals surface area contributed by atoms with Gasteiger partial charge in [0.1, 0.15) is 5.82 Å². The maximum absolute atomic E-state index is 13.0. The zero-order chi connectivity index (χ0) is 23.3. The summed E-state index contributed by atoms with van der Waals surface area (Å²) in [5.74, 6) is 1.25. The summed E-state index contributed by atoms with van der Waals surface area (Å²) in [7, 11) is 0. The van der Waals surface area contributed by atoms with Crippen LogP contribution in [-0.4, -0.2) is 22.0 Å². The van der Waals surface area contributed by atoms with Crippen LogP contribution in [0.1, 0.15) is 51.5 Å². The number of para-hydroxylation sites is 2. The molecule has 0 bridgehead atoms. The van der Waals surface area contributed by atoms with Crippen LogP contribution in [0.4, 0.5) is 5.69 Å². The van der Waals surface area contributed by atoms with Crippen molar-refractivity contribution in [1.29, 1.82) is 0 Å². The minimum absolute atomic E-state index is 0.0666. The molecule has 1 aliphatic rings. The van der Waals surface area contributed by atoms with Crippen molar-refractivity contribution in [2.24, 2.45) is 0 Å². The van der Waals surface area contributed by atoms with E-state index in [4.69, 9.17) is 4.98 Å². The number of fused-ring (bicyclic) bond motifs is 1. The molecule has 1 aromatic heterocycles. The third kappa shape index (κ3) is 3.74. The largest absolute Gasteiger partial charge is 0.323 e. The molecule has 1 atom stereocenters. The van der Waals surface area contributed by atoms with Crippen LogP contribution in [0.3, 0.4) is 0 Å². The van der Waals surface area contributed by atoms with Crippen molar-refractivity contribution in [3.05, 3.63) is 93.8 Å². The number of amides is 1. The number of benzene rings is 3. The van der Waals surface area contributed by atoms with E-state index in [1.165, 1.54) is 27.8 Å². The van der Waals surface area contributed by atoms with Crippen molar-refractivity contribution in [2.75, 3.05) is 11.4 Å². The quantitative estimate of drug-likeness (QED) is 0.384. The number of rotatable bonds is 4. The monoisotopic (exact) mass is 437 g/mol. The first-order valence-electron chi connectivity index (χ1n) is 11.7. The molecule has 3 aromatic carbocycles. The second-order valence-electron chi connectivity index (χ2n) is 9.53. The number of carbonyl (C=O) groups excluding carboxylic acids is 1. The Morgan fingerprint density at radius 2 is 1.64 bits per heavy atom. The van der Waals surface area contributed by atoms with Crippen molar-refractivity contribution in [1.82, 2.24) is 9.55 Å². The number of imidazole rings is 1. The summed E-state index contributed by atoms with van der Waals surface area (Å²) in [6.45, 7) is 12.3. The molecule has 168 valence electrons. The van der Waals surface area contributed by atoms with Crippen LogP contribution in [0, 0.1) is 34.6 Å². The summed E-state index contributed by atoms with van der Waals surface area (Å²) in [5.41, 5.74) is 10.9. The van der Waals surface area contributed by atoms with Crippen LogP contribution < -0.4 is 4.90 Å². The summed E-state index contributed by atoms with van der Waals surface area (Å²) < 4.78 is 2.35. The Bertz CT molecular complexity index is 1360. The Morgan fingerprint density at radius 1 is 0.909 bits per heavy atom. The molecule has 4 aromatic rings. The van der Waals surface area contributed by atoms with Gasteiger partial charge in [-0.15, -0.1) is 0 Å². The van der Waals surface area contributed by atoms with Gasteiger partial charge in [-0.25, -0.2) is 4.98 Å². The fourth-order valence-corrected chi connectivity index (χ4v) is 5.19. The van der Waals surface area contributed by atoms with Gasteiger partial charge < -0.3 is 9.47 Å². The van der Waals surface area contributed by atoms with E-state index in [1.807, 2.05) is 23.1 Å². The summed E-state index contributed by atoms with van der Waals surface area (Å²) >= 11 is 0. The number of anilines is 1. The van der Waals surface area contributed by atoms with E-state index in [-0.39, 0.29) is 11.8 Å². The van der Waals surface area contributed by atoms with Crippen molar-refractivity contribution in [3.63, 3.8) is 0 Å². The zero-order valence-electron chi connectivity index (χ0n) is 20.1. The Balaban J connectivity index is 1.58. The molecular weight excluding hydrogens is 406 g/mol. The molecule has 1 amide bonds. The summed E-state index contributed by atoms with van der Waals surface area (Å²) in [5, 5.41) is 0. The van der Waals surface area contributed by atoms with Gasteiger partial charge in [0.2, 0.25) is 5.91 Å². The molecule has 33 heavy (non-hydrogen) atoms. The lowest BCUT2D eigenvalue weighted by Crippen LogP contribution is -2.24. The molecule has 2 heterocycles. The smallest absolute Gasteiger partial charge is 0.227 e. The van der Waals surface area contributed by atoms with E-state index >= 15 is 0 Å². The predicted molar refractivity (Wildman–Crippen MR) is 135 cm³/mol. The molecule has 4 nitrogen and oxygen atoms in total. The number of hydrogen-bond donors (Lipinski definition) is 0. The number of aromatic nitrogens is 2. The van der Waals surface area contributed by atoms with Gasteiger partial charge in [-0.1, -0.05) is 30.3 Å². The second kappa shape index (κ2) is 8.18. The van der Waals surface area contributed by atoms with E-state index in [2.05, 4.69) is 75.6 Å². The maximum atomic E-state index is 13.0. The first kappa shape index (κ1) is 21.4. The molecule has 0 saturated carbocycles. The molecule has 0 N–H and O–H groups in total. The molecule has 1 unspecified atom stereocenters. The Hall–Kier alpha value is -3.40. The lowest BCUT2D eigenvalue weighted by Gasteiger charge is -2.20. The summed E-state index contributed by atoms with van der Waals surface area (Å²) in [4.78, 5) is 20.0. The number of aryl methyl sites for hydroxylation is 3. The minimum atomic E-state index is 0.0666. The van der Waals surface area contributed by atoms with E-state index in [1.54, 1.807) is 0 Å². The zero-order valence-corrected chi connectivity index (χ0v) is 20.1. The highest BCUT2D eigenvalue weighted by Crippen LogP contribution is 2.34. The standard InChI is InChI=1S/C29H31N3O/c1-18-9-8-10-24(13-18)31-16-23(15-28(31)33)29-30-26-11-6-7-12-27(26)32(29)17-25-21(4)19(2)14-20(3)22(25)5/h6-14,23H,15-17H2,1-5H3. The molecule has 4 heteroatoms. The molecule has 0 radical (unpaired) electrons. The first-order valence-corrected chi connectivity index (χ1v) is 11.7.